The molecule has 0 aliphatic carbocycles. The van der Waals surface area contributed by atoms with Crippen molar-refractivity contribution in [3.8, 4) is 5.75 Å². The second-order valence-corrected chi connectivity index (χ2v) is 4.58. The van der Waals surface area contributed by atoms with E-state index in [-0.39, 0.29) is 0 Å². The van der Waals surface area contributed by atoms with Crippen molar-refractivity contribution in [3.05, 3.63) is 23.8 Å². The van der Waals surface area contributed by atoms with Crippen molar-refractivity contribution < 1.29 is 4.74 Å². The zero-order chi connectivity index (χ0) is 10.8. The number of rotatable bonds is 2. The molecule has 2 aliphatic rings. The lowest BCUT2D eigenvalue weighted by atomic mass is 10.0. The third-order valence-electron chi connectivity index (χ3n) is 3.34. The van der Waals surface area contributed by atoms with Gasteiger partial charge in [-0.05, 0) is 37.4 Å². The summed E-state index contributed by atoms with van der Waals surface area (Å²) in [5.74, 6) is 1.00. The number of hydrogen-bond donors (Lipinski definition) is 2. The standard InChI is InChI=1S/C13H18N2O/c1-2-10-3-4-11(8-13(10)15-6-1)16-12-5-7-14-9-12/h3-4,8,12,14-15H,1-2,5-7,9H2. The van der Waals surface area contributed by atoms with Gasteiger partial charge in [0.2, 0.25) is 0 Å². The zero-order valence-corrected chi connectivity index (χ0v) is 9.46. The van der Waals surface area contributed by atoms with Crippen molar-refractivity contribution in [2.45, 2.75) is 25.4 Å². The molecule has 1 fully saturated rings. The molecule has 16 heavy (non-hydrogen) atoms. The normalized spacial score (nSPS) is 23.6. The molecule has 1 saturated heterocycles. The molecule has 0 saturated carbocycles. The molecule has 0 amide bonds. The second kappa shape index (κ2) is 4.34. The largest absolute Gasteiger partial charge is 0.489 e. The van der Waals surface area contributed by atoms with Gasteiger partial charge in [-0.15, -0.1) is 0 Å². The Bertz CT molecular complexity index is 372. The van der Waals surface area contributed by atoms with Gasteiger partial charge < -0.3 is 15.4 Å². The van der Waals surface area contributed by atoms with E-state index in [9.17, 15) is 0 Å². The molecule has 86 valence electrons. The van der Waals surface area contributed by atoms with E-state index >= 15 is 0 Å². The van der Waals surface area contributed by atoms with Crippen LogP contribution in [0.25, 0.3) is 0 Å². The molecule has 1 atom stereocenters. The van der Waals surface area contributed by atoms with Crippen molar-refractivity contribution in [2.75, 3.05) is 25.0 Å². The predicted octanol–water partition coefficient (Wildman–Crippen LogP) is 1.79. The highest BCUT2D eigenvalue weighted by Gasteiger charge is 2.16. The van der Waals surface area contributed by atoms with Gasteiger partial charge in [0.05, 0.1) is 0 Å². The average Bonchev–Trinajstić information content (AvgIpc) is 2.82. The molecule has 2 N–H and O–H groups in total. The van der Waals surface area contributed by atoms with E-state index in [0.29, 0.717) is 6.10 Å². The Morgan fingerprint density at radius 1 is 1.25 bits per heavy atom. The van der Waals surface area contributed by atoms with Gasteiger partial charge in [-0.2, -0.15) is 0 Å². The van der Waals surface area contributed by atoms with Gasteiger partial charge in [-0.25, -0.2) is 0 Å². The van der Waals surface area contributed by atoms with E-state index in [1.54, 1.807) is 0 Å². The molecule has 1 aromatic rings. The van der Waals surface area contributed by atoms with E-state index in [0.717, 1.165) is 31.8 Å². The van der Waals surface area contributed by atoms with Crippen LogP contribution in [-0.2, 0) is 6.42 Å². The molecule has 2 heterocycles. The van der Waals surface area contributed by atoms with E-state index in [1.807, 2.05) is 0 Å². The minimum atomic E-state index is 0.349. The fourth-order valence-electron chi connectivity index (χ4n) is 2.43. The Morgan fingerprint density at radius 3 is 3.12 bits per heavy atom. The Labute approximate surface area is 96.2 Å². The van der Waals surface area contributed by atoms with Crippen molar-refractivity contribution >= 4 is 5.69 Å². The van der Waals surface area contributed by atoms with Crippen LogP contribution in [0.4, 0.5) is 5.69 Å². The number of fused-ring (bicyclic) bond motifs is 1. The van der Waals surface area contributed by atoms with Crippen molar-refractivity contribution in [1.82, 2.24) is 5.32 Å². The number of ether oxygens (including phenoxy) is 1. The molecule has 0 bridgehead atoms. The summed E-state index contributed by atoms with van der Waals surface area (Å²) in [5, 5.41) is 6.75. The predicted molar refractivity (Wildman–Crippen MR) is 65.2 cm³/mol. The summed E-state index contributed by atoms with van der Waals surface area (Å²) in [6.07, 6.45) is 3.89. The number of benzene rings is 1. The van der Waals surface area contributed by atoms with Gasteiger partial charge in [0.15, 0.2) is 0 Å². The van der Waals surface area contributed by atoms with Gasteiger partial charge in [0.25, 0.3) is 0 Å². The fraction of sp³-hybridized carbons (Fsp3) is 0.538. The Balaban J connectivity index is 1.74. The maximum Gasteiger partial charge on any atom is 0.121 e. The van der Waals surface area contributed by atoms with Gasteiger partial charge >= 0.3 is 0 Å². The first-order valence-corrected chi connectivity index (χ1v) is 6.16. The summed E-state index contributed by atoms with van der Waals surface area (Å²) in [7, 11) is 0. The van der Waals surface area contributed by atoms with Crippen LogP contribution < -0.4 is 15.4 Å². The third kappa shape index (κ3) is 2.00. The second-order valence-electron chi connectivity index (χ2n) is 4.58. The topological polar surface area (TPSA) is 33.3 Å². The van der Waals surface area contributed by atoms with Crippen LogP contribution in [-0.4, -0.2) is 25.7 Å². The first kappa shape index (κ1) is 9.97. The molecule has 0 spiro atoms. The molecule has 1 aromatic carbocycles. The zero-order valence-electron chi connectivity index (χ0n) is 9.46. The smallest absolute Gasteiger partial charge is 0.121 e. The van der Waals surface area contributed by atoms with Crippen LogP contribution in [0.2, 0.25) is 0 Å². The SMILES string of the molecule is c1cc2c(cc1OC1CCNC1)NCCC2. The first-order chi connectivity index (χ1) is 7.92. The van der Waals surface area contributed by atoms with Gasteiger partial charge in [0, 0.05) is 24.8 Å². The number of aryl methyl sites for hydroxylation is 1. The van der Waals surface area contributed by atoms with Crippen LogP contribution in [0.1, 0.15) is 18.4 Å². The van der Waals surface area contributed by atoms with E-state index in [2.05, 4.69) is 28.8 Å². The van der Waals surface area contributed by atoms with E-state index in [1.165, 1.54) is 24.1 Å². The highest BCUT2D eigenvalue weighted by molar-refractivity contribution is 5.56. The summed E-state index contributed by atoms with van der Waals surface area (Å²) in [4.78, 5) is 0. The van der Waals surface area contributed by atoms with Crippen LogP contribution in [0.5, 0.6) is 5.75 Å². The molecular formula is C13H18N2O. The third-order valence-corrected chi connectivity index (χ3v) is 3.34. The van der Waals surface area contributed by atoms with E-state index in [4.69, 9.17) is 4.74 Å². The van der Waals surface area contributed by atoms with Crippen LogP contribution in [0.3, 0.4) is 0 Å². The molecule has 1 unspecified atom stereocenters. The van der Waals surface area contributed by atoms with Crippen LogP contribution in [0.15, 0.2) is 18.2 Å². The summed E-state index contributed by atoms with van der Waals surface area (Å²) < 4.78 is 5.94. The lowest BCUT2D eigenvalue weighted by Crippen LogP contribution is -2.20. The minimum absolute atomic E-state index is 0.349. The van der Waals surface area contributed by atoms with E-state index < -0.39 is 0 Å². The molecule has 3 nitrogen and oxygen atoms in total. The maximum absolute atomic E-state index is 5.94. The molecule has 2 aliphatic heterocycles. The lowest BCUT2D eigenvalue weighted by Gasteiger charge is -2.20. The molecule has 3 rings (SSSR count). The number of anilines is 1. The average molecular weight is 218 g/mol. The molecular weight excluding hydrogens is 200 g/mol. The molecule has 0 radical (unpaired) electrons. The number of hydrogen-bond acceptors (Lipinski definition) is 3. The fourth-order valence-corrected chi connectivity index (χ4v) is 2.43. The number of nitrogens with one attached hydrogen (secondary N) is 2. The monoisotopic (exact) mass is 218 g/mol. The first-order valence-electron chi connectivity index (χ1n) is 6.16. The van der Waals surface area contributed by atoms with Crippen molar-refractivity contribution in [2.24, 2.45) is 0 Å². The summed E-state index contributed by atoms with van der Waals surface area (Å²) in [6, 6.07) is 6.44. The summed E-state index contributed by atoms with van der Waals surface area (Å²) >= 11 is 0. The maximum atomic E-state index is 5.94. The quantitative estimate of drug-likeness (QED) is 0.794. The summed E-state index contributed by atoms with van der Waals surface area (Å²) in [5.41, 5.74) is 2.68. The minimum Gasteiger partial charge on any atom is -0.489 e. The Hall–Kier alpha value is -1.22. The van der Waals surface area contributed by atoms with Crippen LogP contribution >= 0.6 is 0 Å². The molecule has 3 heteroatoms. The van der Waals surface area contributed by atoms with Crippen molar-refractivity contribution in [3.63, 3.8) is 0 Å². The molecule has 0 aromatic heterocycles. The van der Waals surface area contributed by atoms with Gasteiger partial charge in [-0.1, -0.05) is 6.07 Å². The highest BCUT2D eigenvalue weighted by Crippen LogP contribution is 2.27. The summed E-state index contributed by atoms with van der Waals surface area (Å²) in [6.45, 7) is 3.14. The van der Waals surface area contributed by atoms with Crippen molar-refractivity contribution in [1.29, 1.82) is 0 Å². The van der Waals surface area contributed by atoms with Crippen LogP contribution in [0, 0.1) is 0 Å². The Morgan fingerprint density at radius 2 is 2.25 bits per heavy atom. The van der Waals surface area contributed by atoms with Gasteiger partial charge in [0.1, 0.15) is 11.9 Å². The highest BCUT2D eigenvalue weighted by atomic mass is 16.5. The Kier molecular flexibility index (Phi) is 2.70. The van der Waals surface area contributed by atoms with Gasteiger partial charge in [-0.3, -0.25) is 0 Å². The lowest BCUT2D eigenvalue weighted by molar-refractivity contribution is 0.223.